The van der Waals surface area contributed by atoms with Gasteiger partial charge in [-0.05, 0) is 24.6 Å². The molecule has 1 aromatic heterocycles. The van der Waals surface area contributed by atoms with Crippen LogP contribution >= 0.6 is 0 Å². The zero-order valence-electron chi connectivity index (χ0n) is 11.8. The van der Waals surface area contributed by atoms with Gasteiger partial charge in [0.15, 0.2) is 0 Å². The molecule has 0 fully saturated rings. The van der Waals surface area contributed by atoms with Crippen LogP contribution in [0, 0.1) is 0 Å². The standard InChI is InChI=1S/C16H22N2O/c1-3-14(19)12-18(4-2)10-9-13-11-17-16-8-6-5-7-15(13)16/h5-8,11,17H,3-4,9-10,12H2,1-2H3. The van der Waals surface area contributed by atoms with Gasteiger partial charge in [0.1, 0.15) is 5.78 Å². The van der Waals surface area contributed by atoms with Gasteiger partial charge in [-0.25, -0.2) is 0 Å². The number of aromatic amines is 1. The lowest BCUT2D eigenvalue weighted by Gasteiger charge is -2.18. The van der Waals surface area contributed by atoms with Crippen molar-refractivity contribution in [2.45, 2.75) is 26.7 Å². The van der Waals surface area contributed by atoms with Crippen LogP contribution in [0.5, 0.6) is 0 Å². The van der Waals surface area contributed by atoms with Crippen LogP contribution in [-0.2, 0) is 11.2 Å². The summed E-state index contributed by atoms with van der Waals surface area (Å²) in [5.74, 6) is 0.320. The molecule has 0 aliphatic rings. The van der Waals surface area contributed by atoms with Gasteiger partial charge in [0.2, 0.25) is 0 Å². The van der Waals surface area contributed by atoms with Crippen molar-refractivity contribution in [2.24, 2.45) is 0 Å². The molecule has 2 aromatic rings. The molecular weight excluding hydrogens is 236 g/mol. The molecular formula is C16H22N2O. The molecule has 0 aliphatic heterocycles. The topological polar surface area (TPSA) is 36.1 Å². The molecule has 1 N–H and O–H groups in total. The molecule has 2 rings (SSSR count). The van der Waals surface area contributed by atoms with E-state index < -0.39 is 0 Å². The molecule has 0 radical (unpaired) electrons. The van der Waals surface area contributed by atoms with Crippen molar-refractivity contribution >= 4 is 16.7 Å². The highest BCUT2D eigenvalue weighted by molar-refractivity contribution is 5.83. The summed E-state index contributed by atoms with van der Waals surface area (Å²) in [7, 11) is 0. The van der Waals surface area contributed by atoms with Gasteiger partial charge in [0, 0.05) is 30.1 Å². The molecule has 0 saturated heterocycles. The Hall–Kier alpha value is -1.61. The van der Waals surface area contributed by atoms with Gasteiger partial charge in [-0.3, -0.25) is 9.69 Å². The van der Waals surface area contributed by atoms with Crippen molar-refractivity contribution in [2.75, 3.05) is 19.6 Å². The predicted octanol–water partition coefficient (Wildman–Crippen LogP) is 3.01. The molecule has 19 heavy (non-hydrogen) atoms. The lowest BCUT2D eigenvalue weighted by Crippen LogP contribution is -2.31. The van der Waals surface area contributed by atoms with E-state index in [1.807, 2.05) is 13.0 Å². The lowest BCUT2D eigenvalue weighted by atomic mass is 10.1. The predicted molar refractivity (Wildman–Crippen MR) is 79.4 cm³/mol. The third-order valence-electron chi connectivity index (χ3n) is 3.61. The Morgan fingerprint density at radius 2 is 2.05 bits per heavy atom. The molecule has 0 atom stereocenters. The van der Waals surface area contributed by atoms with E-state index >= 15 is 0 Å². The van der Waals surface area contributed by atoms with E-state index in [9.17, 15) is 4.79 Å². The van der Waals surface area contributed by atoms with Crippen LogP contribution in [0.2, 0.25) is 0 Å². The second kappa shape index (κ2) is 6.53. The van der Waals surface area contributed by atoms with Gasteiger partial charge in [0.25, 0.3) is 0 Å². The maximum atomic E-state index is 11.5. The van der Waals surface area contributed by atoms with E-state index in [4.69, 9.17) is 0 Å². The summed E-state index contributed by atoms with van der Waals surface area (Å²) in [6.07, 6.45) is 3.69. The Morgan fingerprint density at radius 3 is 2.79 bits per heavy atom. The number of likely N-dealkylation sites (N-methyl/N-ethyl adjacent to an activating group) is 1. The van der Waals surface area contributed by atoms with E-state index in [0.29, 0.717) is 18.7 Å². The van der Waals surface area contributed by atoms with Crippen molar-refractivity contribution in [1.29, 1.82) is 0 Å². The quantitative estimate of drug-likeness (QED) is 0.828. The Labute approximate surface area is 114 Å². The summed E-state index contributed by atoms with van der Waals surface area (Å²) < 4.78 is 0. The third-order valence-corrected chi connectivity index (χ3v) is 3.61. The number of para-hydroxylation sites is 1. The Bertz CT molecular complexity index is 544. The number of carbonyl (C=O) groups is 1. The van der Waals surface area contributed by atoms with E-state index in [1.165, 1.54) is 16.5 Å². The number of nitrogens with zero attached hydrogens (tertiary/aromatic N) is 1. The van der Waals surface area contributed by atoms with Crippen LogP contribution in [0.1, 0.15) is 25.8 Å². The highest BCUT2D eigenvalue weighted by Gasteiger charge is 2.09. The molecule has 0 spiro atoms. The zero-order chi connectivity index (χ0) is 13.7. The SMILES string of the molecule is CCC(=O)CN(CC)CCc1c[nH]c2ccccc12. The average molecular weight is 258 g/mol. The van der Waals surface area contributed by atoms with Gasteiger partial charge in [-0.1, -0.05) is 32.0 Å². The smallest absolute Gasteiger partial charge is 0.146 e. The number of H-pyrrole nitrogens is 1. The first-order valence-electron chi connectivity index (χ1n) is 7.03. The maximum Gasteiger partial charge on any atom is 0.146 e. The van der Waals surface area contributed by atoms with Crippen molar-refractivity contribution in [3.63, 3.8) is 0 Å². The highest BCUT2D eigenvalue weighted by atomic mass is 16.1. The fourth-order valence-corrected chi connectivity index (χ4v) is 2.33. The molecule has 1 aromatic carbocycles. The summed E-state index contributed by atoms with van der Waals surface area (Å²) in [5, 5.41) is 1.29. The van der Waals surface area contributed by atoms with Gasteiger partial charge in [-0.2, -0.15) is 0 Å². The van der Waals surface area contributed by atoms with Crippen LogP contribution in [0.4, 0.5) is 0 Å². The number of carbonyl (C=O) groups excluding carboxylic acids is 1. The minimum absolute atomic E-state index is 0.320. The van der Waals surface area contributed by atoms with Crippen molar-refractivity contribution in [3.05, 3.63) is 36.0 Å². The Kier molecular flexibility index (Phi) is 4.74. The maximum absolute atomic E-state index is 11.5. The second-order valence-electron chi connectivity index (χ2n) is 4.87. The van der Waals surface area contributed by atoms with Gasteiger partial charge in [0.05, 0.1) is 6.54 Å². The van der Waals surface area contributed by atoms with Crippen LogP contribution in [0.3, 0.4) is 0 Å². The number of fused-ring (bicyclic) bond motifs is 1. The second-order valence-corrected chi connectivity index (χ2v) is 4.87. The van der Waals surface area contributed by atoms with Gasteiger partial charge < -0.3 is 4.98 Å². The van der Waals surface area contributed by atoms with E-state index in [0.717, 1.165) is 19.5 Å². The number of aromatic nitrogens is 1. The number of Topliss-reactive ketones (excluding diaryl/α,β-unsaturated/α-hetero) is 1. The minimum atomic E-state index is 0.320. The molecule has 3 heteroatoms. The minimum Gasteiger partial charge on any atom is -0.361 e. The third kappa shape index (κ3) is 3.44. The summed E-state index contributed by atoms with van der Waals surface area (Å²) in [6, 6.07) is 8.35. The normalized spacial score (nSPS) is 11.3. The highest BCUT2D eigenvalue weighted by Crippen LogP contribution is 2.18. The van der Waals surface area contributed by atoms with Crippen molar-refractivity contribution in [3.8, 4) is 0 Å². The van der Waals surface area contributed by atoms with Crippen LogP contribution < -0.4 is 0 Å². The average Bonchev–Trinajstić information content (AvgIpc) is 2.86. The number of rotatable bonds is 7. The van der Waals surface area contributed by atoms with Crippen molar-refractivity contribution in [1.82, 2.24) is 9.88 Å². The number of nitrogens with one attached hydrogen (secondary N) is 1. The van der Waals surface area contributed by atoms with E-state index in [-0.39, 0.29) is 0 Å². The van der Waals surface area contributed by atoms with Crippen LogP contribution in [0.25, 0.3) is 10.9 Å². The number of hydrogen-bond acceptors (Lipinski definition) is 2. The van der Waals surface area contributed by atoms with E-state index in [2.05, 4.69) is 41.2 Å². The summed E-state index contributed by atoms with van der Waals surface area (Å²) >= 11 is 0. The van der Waals surface area contributed by atoms with Gasteiger partial charge >= 0.3 is 0 Å². The van der Waals surface area contributed by atoms with Crippen LogP contribution in [0.15, 0.2) is 30.5 Å². The monoisotopic (exact) mass is 258 g/mol. The lowest BCUT2D eigenvalue weighted by molar-refractivity contribution is -0.119. The summed E-state index contributed by atoms with van der Waals surface area (Å²) in [4.78, 5) is 17.0. The first-order valence-corrected chi connectivity index (χ1v) is 7.03. The molecule has 102 valence electrons. The molecule has 0 amide bonds. The molecule has 0 saturated carbocycles. The first-order chi connectivity index (χ1) is 9.24. The molecule has 1 heterocycles. The van der Waals surface area contributed by atoms with E-state index in [1.54, 1.807) is 0 Å². The molecule has 0 unspecified atom stereocenters. The summed E-state index contributed by atoms with van der Waals surface area (Å²) in [5.41, 5.74) is 2.52. The summed E-state index contributed by atoms with van der Waals surface area (Å²) in [6.45, 7) is 6.47. The molecule has 0 bridgehead atoms. The van der Waals surface area contributed by atoms with Gasteiger partial charge in [-0.15, -0.1) is 0 Å². The fourth-order valence-electron chi connectivity index (χ4n) is 2.33. The largest absolute Gasteiger partial charge is 0.361 e. The first kappa shape index (κ1) is 13.8. The number of ketones is 1. The van der Waals surface area contributed by atoms with Crippen molar-refractivity contribution < 1.29 is 4.79 Å². The zero-order valence-corrected chi connectivity index (χ0v) is 11.8. The van der Waals surface area contributed by atoms with Crippen LogP contribution in [-0.4, -0.2) is 35.3 Å². The molecule has 3 nitrogen and oxygen atoms in total. The fraction of sp³-hybridized carbons (Fsp3) is 0.438. The number of benzene rings is 1. The Balaban J connectivity index is 1.99. The molecule has 0 aliphatic carbocycles. The number of hydrogen-bond donors (Lipinski definition) is 1. The Morgan fingerprint density at radius 1 is 1.26 bits per heavy atom.